The first-order valence-corrected chi connectivity index (χ1v) is 12.0. The number of para-hydroxylation sites is 8. The minimum Gasteiger partial charge on any atom is -0.397 e. The van der Waals surface area contributed by atoms with Crippen molar-refractivity contribution < 1.29 is 0 Å². The molecule has 0 saturated carbocycles. The van der Waals surface area contributed by atoms with Gasteiger partial charge in [0.1, 0.15) is 0 Å². The number of aryl methyl sites for hydroxylation is 1. The summed E-state index contributed by atoms with van der Waals surface area (Å²) in [5.74, 6) is 0. The normalized spacial score (nSPS) is 10.7. The van der Waals surface area contributed by atoms with Crippen molar-refractivity contribution in [3.8, 4) is 0 Å². The first-order chi connectivity index (χ1) is 17.9. The molecule has 0 unspecified atom stereocenters. The second-order valence-corrected chi connectivity index (χ2v) is 8.93. The Labute approximate surface area is 217 Å². The molecule has 0 spiro atoms. The van der Waals surface area contributed by atoms with E-state index in [2.05, 4.69) is 34.9 Å². The van der Waals surface area contributed by atoms with Gasteiger partial charge in [-0.15, -0.1) is 0 Å². The standard InChI is InChI=1S/C31H30N6/c1-21-18-22(36(28-14-6-2-10-24(28)32)29-15-7-3-11-25(29)33)20-23(19-21)37(30-16-8-4-12-26(30)34)31-17-9-5-13-27(31)35/h2-20H,32-35H2,1H3. The van der Waals surface area contributed by atoms with E-state index in [1.807, 2.05) is 97.1 Å². The SMILES string of the molecule is Cc1cc(N(c2ccccc2N)c2ccccc2N)cc(N(c2ccccc2N)c2ccccc2N)c1. The highest BCUT2D eigenvalue weighted by atomic mass is 15.2. The van der Waals surface area contributed by atoms with Gasteiger partial charge in [-0.25, -0.2) is 0 Å². The molecule has 0 amide bonds. The second kappa shape index (κ2) is 9.87. The number of benzene rings is 5. The molecule has 6 nitrogen and oxygen atoms in total. The van der Waals surface area contributed by atoms with E-state index in [4.69, 9.17) is 22.9 Å². The van der Waals surface area contributed by atoms with E-state index in [0.717, 1.165) is 39.7 Å². The van der Waals surface area contributed by atoms with Gasteiger partial charge in [0.05, 0.1) is 45.5 Å². The Morgan fingerprint density at radius 3 is 0.946 bits per heavy atom. The summed E-state index contributed by atoms with van der Waals surface area (Å²) in [5, 5.41) is 0. The number of nitrogens with two attached hydrogens (primary N) is 4. The Bertz CT molecular complexity index is 1360. The van der Waals surface area contributed by atoms with Crippen molar-refractivity contribution in [3.05, 3.63) is 121 Å². The smallest absolute Gasteiger partial charge is 0.0692 e. The number of nitrogen functional groups attached to an aromatic ring is 4. The van der Waals surface area contributed by atoms with Crippen molar-refractivity contribution >= 4 is 56.9 Å². The zero-order chi connectivity index (χ0) is 25.9. The van der Waals surface area contributed by atoms with E-state index in [1.54, 1.807) is 0 Å². The van der Waals surface area contributed by atoms with Gasteiger partial charge in [-0.05, 0) is 79.2 Å². The van der Waals surface area contributed by atoms with E-state index < -0.39 is 0 Å². The minimum atomic E-state index is 0.644. The number of hydrogen-bond donors (Lipinski definition) is 4. The number of nitrogens with zero attached hydrogens (tertiary/aromatic N) is 2. The summed E-state index contributed by atoms with van der Waals surface area (Å²) in [7, 11) is 0. The fourth-order valence-corrected chi connectivity index (χ4v) is 4.58. The van der Waals surface area contributed by atoms with Crippen LogP contribution in [0.4, 0.5) is 56.9 Å². The van der Waals surface area contributed by atoms with Gasteiger partial charge in [0.25, 0.3) is 0 Å². The molecular weight excluding hydrogens is 456 g/mol. The lowest BCUT2D eigenvalue weighted by Crippen LogP contribution is -2.17. The fourth-order valence-electron chi connectivity index (χ4n) is 4.58. The highest BCUT2D eigenvalue weighted by Gasteiger charge is 2.22. The summed E-state index contributed by atoms with van der Waals surface area (Å²) in [6.07, 6.45) is 0. The summed E-state index contributed by atoms with van der Waals surface area (Å²) >= 11 is 0. The van der Waals surface area contributed by atoms with Crippen molar-refractivity contribution in [1.82, 2.24) is 0 Å². The predicted octanol–water partition coefficient (Wildman–Crippen LogP) is 7.26. The Kier molecular flexibility index (Phi) is 6.31. The van der Waals surface area contributed by atoms with Crippen LogP contribution in [0.15, 0.2) is 115 Å². The van der Waals surface area contributed by atoms with Gasteiger partial charge < -0.3 is 32.7 Å². The van der Waals surface area contributed by atoms with Crippen LogP contribution >= 0.6 is 0 Å². The van der Waals surface area contributed by atoms with Crippen LogP contribution < -0.4 is 32.7 Å². The zero-order valence-electron chi connectivity index (χ0n) is 20.7. The molecule has 0 atom stereocenters. The molecule has 8 N–H and O–H groups in total. The molecule has 184 valence electrons. The van der Waals surface area contributed by atoms with E-state index in [-0.39, 0.29) is 0 Å². The summed E-state index contributed by atoms with van der Waals surface area (Å²) in [6, 6.07) is 37.4. The second-order valence-electron chi connectivity index (χ2n) is 8.93. The Balaban J connectivity index is 1.77. The molecule has 0 aromatic heterocycles. The van der Waals surface area contributed by atoms with Crippen molar-refractivity contribution in [3.63, 3.8) is 0 Å². The van der Waals surface area contributed by atoms with Crippen molar-refractivity contribution in [1.29, 1.82) is 0 Å². The first kappa shape index (κ1) is 23.6. The third-order valence-electron chi connectivity index (χ3n) is 6.27. The number of hydrogen-bond acceptors (Lipinski definition) is 6. The molecule has 0 aliphatic carbocycles. The van der Waals surface area contributed by atoms with Gasteiger partial charge in [0.2, 0.25) is 0 Å². The molecule has 0 aliphatic heterocycles. The van der Waals surface area contributed by atoms with Crippen LogP contribution in [0.1, 0.15) is 5.56 Å². The van der Waals surface area contributed by atoms with Crippen LogP contribution in [0.3, 0.4) is 0 Å². The molecule has 5 rings (SSSR count). The molecule has 0 aliphatic rings. The summed E-state index contributed by atoms with van der Waals surface area (Å²) in [4.78, 5) is 4.17. The van der Waals surface area contributed by atoms with Crippen molar-refractivity contribution in [2.75, 3.05) is 32.7 Å². The molecule has 0 fully saturated rings. The molecule has 6 heteroatoms. The minimum absolute atomic E-state index is 0.644. The zero-order valence-corrected chi connectivity index (χ0v) is 20.7. The maximum absolute atomic E-state index is 6.48. The lowest BCUT2D eigenvalue weighted by molar-refractivity contribution is 1.24. The average Bonchev–Trinajstić information content (AvgIpc) is 2.89. The molecule has 0 radical (unpaired) electrons. The number of anilines is 10. The Morgan fingerprint density at radius 1 is 0.405 bits per heavy atom. The maximum Gasteiger partial charge on any atom is 0.0692 e. The van der Waals surface area contributed by atoms with E-state index in [0.29, 0.717) is 22.7 Å². The summed E-state index contributed by atoms with van der Waals surface area (Å²) in [5.41, 5.74) is 34.7. The van der Waals surface area contributed by atoms with Crippen LogP contribution in [-0.4, -0.2) is 0 Å². The monoisotopic (exact) mass is 486 g/mol. The average molecular weight is 487 g/mol. The molecule has 0 heterocycles. The molecular formula is C31H30N6. The molecule has 5 aromatic rings. The van der Waals surface area contributed by atoms with Crippen LogP contribution in [0.5, 0.6) is 0 Å². The molecule has 0 bridgehead atoms. The fraction of sp³-hybridized carbons (Fsp3) is 0.0323. The van der Waals surface area contributed by atoms with Gasteiger partial charge >= 0.3 is 0 Å². The topological polar surface area (TPSA) is 111 Å². The van der Waals surface area contributed by atoms with Crippen LogP contribution in [-0.2, 0) is 0 Å². The van der Waals surface area contributed by atoms with Crippen LogP contribution in [0.2, 0.25) is 0 Å². The van der Waals surface area contributed by atoms with E-state index >= 15 is 0 Å². The third kappa shape index (κ3) is 4.60. The van der Waals surface area contributed by atoms with E-state index in [9.17, 15) is 0 Å². The van der Waals surface area contributed by atoms with Crippen molar-refractivity contribution in [2.24, 2.45) is 0 Å². The van der Waals surface area contributed by atoms with Gasteiger partial charge in [0.15, 0.2) is 0 Å². The van der Waals surface area contributed by atoms with Gasteiger partial charge in [-0.3, -0.25) is 0 Å². The van der Waals surface area contributed by atoms with Gasteiger partial charge in [-0.2, -0.15) is 0 Å². The molecule has 0 saturated heterocycles. The lowest BCUT2D eigenvalue weighted by Gasteiger charge is -2.31. The molecule has 37 heavy (non-hydrogen) atoms. The Morgan fingerprint density at radius 2 is 0.676 bits per heavy atom. The molecule has 5 aromatic carbocycles. The Hall–Kier alpha value is -5.10. The first-order valence-electron chi connectivity index (χ1n) is 12.0. The highest BCUT2D eigenvalue weighted by molar-refractivity contribution is 5.92. The van der Waals surface area contributed by atoms with Crippen LogP contribution in [0, 0.1) is 6.92 Å². The third-order valence-corrected chi connectivity index (χ3v) is 6.27. The van der Waals surface area contributed by atoms with Gasteiger partial charge in [-0.1, -0.05) is 48.5 Å². The van der Waals surface area contributed by atoms with Crippen LogP contribution in [0.25, 0.3) is 0 Å². The van der Waals surface area contributed by atoms with Gasteiger partial charge in [0, 0.05) is 11.4 Å². The lowest BCUT2D eigenvalue weighted by atomic mass is 10.1. The summed E-state index contributed by atoms with van der Waals surface area (Å²) < 4.78 is 0. The largest absolute Gasteiger partial charge is 0.397 e. The maximum atomic E-state index is 6.48. The number of rotatable bonds is 6. The quantitative estimate of drug-likeness (QED) is 0.188. The van der Waals surface area contributed by atoms with E-state index in [1.165, 1.54) is 0 Å². The highest BCUT2D eigenvalue weighted by Crippen LogP contribution is 2.45. The van der Waals surface area contributed by atoms with Crippen molar-refractivity contribution in [2.45, 2.75) is 6.92 Å². The summed E-state index contributed by atoms with van der Waals surface area (Å²) in [6.45, 7) is 2.06. The predicted molar refractivity (Wildman–Crippen MR) is 158 cm³/mol.